The molecule has 8 nitrogen and oxygen atoms in total. The van der Waals surface area contributed by atoms with Crippen molar-refractivity contribution in [3.8, 4) is 5.75 Å². The summed E-state index contributed by atoms with van der Waals surface area (Å²) in [6.07, 6.45) is -3.60. The summed E-state index contributed by atoms with van der Waals surface area (Å²) in [4.78, 5) is 29.9. The predicted molar refractivity (Wildman–Crippen MR) is 111 cm³/mol. The molecule has 2 aromatic carbocycles. The van der Waals surface area contributed by atoms with E-state index in [0.29, 0.717) is 11.1 Å². The van der Waals surface area contributed by atoms with E-state index < -0.39 is 39.5 Å². The van der Waals surface area contributed by atoms with Gasteiger partial charge in [-0.05, 0) is 24.3 Å². The fourth-order valence-corrected chi connectivity index (χ4v) is 3.71. The number of hydrogen-bond donors (Lipinski definition) is 2. The predicted octanol–water partition coefficient (Wildman–Crippen LogP) is 3.93. The number of nitrogens with zero attached hydrogens (tertiary/aromatic N) is 4. The van der Waals surface area contributed by atoms with Crippen LogP contribution in [0.4, 0.5) is 18.9 Å². The number of amides is 1. The van der Waals surface area contributed by atoms with Crippen LogP contribution in [0.15, 0.2) is 47.0 Å². The van der Waals surface area contributed by atoms with Gasteiger partial charge >= 0.3 is 6.18 Å². The summed E-state index contributed by atoms with van der Waals surface area (Å²) < 4.78 is 40.7. The molecule has 0 unspecified atom stereocenters. The highest BCUT2D eigenvalue weighted by molar-refractivity contribution is 7.09. The Morgan fingerprint density at radius 3 is 2.75 bits per heavy atom. The number of aromatic hydroxyl groups is 1. The average molecular weight is 482 g/mol. The minimum absolute atomic E-state index is 0.0503. The molecule has 0 saturated heterocycles. The minimum atomic E-state index is -4.92. The maximum atomic E-state index is 13.1. The Labute approximate surface area is 185 Å². The van der Waals surface area contributed by atoms with E-state index in [2.05, 4.69) is 20.5 Å². The Hall–Kier alpha value is -3.51. The highest BCUT2D eigenvalue weighted by Gasteiger charge is 2.36. The van der Waals surface area contributed by atoms with Crippen LogP contribution in [0.3, 0.4) is 0 Å². The van der Waals surface area contributed by atoms with E-state index >= 15 is 0 Å². The molecule has 0 aliphatic carbocycles. The monoisotopic (exact) mass is 481 g/mol. The Balaban J connectivity index is 1.74. The lowest BCUT2D eigenvalue weighted by Gasteiger charge is -2.13. The van der Waals surface area contributed by atoms with Crippen molar-refractivity contribution in [2.75, 3.05) is 5.32 Å². The number of phenolic OH excluding ortho intramolecular Hbond substituents is 1. The molecule has 0 aliphatic heterocycles. The third kappa shape index (κ3) is 4.14. The van der Waals surface area contributed by atoms with Crippen LogP contribution >= 0.6 is 22.9 Å². The van der Waals surface area contributed by atoms with Crippen LogP contribution < -0.4 is 10.9 Å². The zero-order valence-electron chi connectivity index (χ0n) is 15.7. The first kappa shape index (κ1) is 21.7. The molecule has 2 aromatic heterocycles. The first-order valence-corrected chi connectivity index (χ1v) is 10.0. The van der Waals surface area contributed by atoms with E-state index in [9.17, 15) is 27.9 Å². The topological polar surface area (TPSA) is 110 Å². The van der Waals surface area contributed by atoms with Gasteiger partial charge < -0.3 is 10.4 Å². The summed E-state index contributed by atoms with van der Waals surface area (Å²) in [5, 5.41) is 19.6. The Bertz CT molecular complexity index is 1390. The maximum Gasteiger partial charge on any atom is 0.420 e. The molecule has 4 rings (SSSR count). The molecule has 0 spiro atoms. The number of phenols is 1. The Morgan fingerprint density at radius 2 is 2.06 bits per heavy atom. The minimum Gasteiger partial charge on any atom is -0.506 e. The molecule has 32 heavy (non-hydrogen) atoms. The molecule has 2 N–H and O–H groups in total. The number of alkyl halides is 3. The van der Waals surface area contributed by atoms with Crippen LogP contribution in [0, 0.1) is 0 Å². The number of rotatable bonds is 4. The van der Waals surface area contributed by atoms with E-state index in [1.807, 2.05) is 0 Å². The number of aromatic nitrogens is 4. The summed E-state index contributed by atoms with van der Waals surface area (Å²) >= 11 is 6.92. The highest BCUT2D eigenvalue weighted by atomic mass is 35.5. The Morgan fingerprint density at radius 1 is 1.28 bits per heavy atom. The van der Waals surface area contributed by atoms with E-state index in [1.54, 1.807) is 6.07 Å². The van der Waals surface area contributed by atoms with Gasteiger partial charge in [0.2, 0.25) is 0 Å². The van der Waals surface area contributed by atoms with Crippen LogP contribution in [0.25, 0.3) is 10.9 Å². The van der Waals surface area contributed by atoms with Crippen LogP contribution in [0.1, 0.15) is 20.9 Å². The summed E-state index contributed by atoms with van der Waals surface area (Å²) in [5.41, 5.74) is -0.543. The second kappa shape index (κ2) is 8.20. The van der Waals surface area contributed by atoms with E-state index in [4.69, 9.17) is 11.6 Å². The first-order valence-electron chi connectivity index (χ1n) is 8.79. The number of carbonyl (C=O) groups excluding carboxylic acids is 1. The normalized spacial score (nSPS) is 11.6. The molecular formula is C19H11ClF3N5O3S. The quantitative estimate of drug-likeness (QED) is 0.457. The van der Waals surface area contributed by atoms with E-state index in [1.165, 1.54) is 39.9 Å². The molecule has 0 saturated carbocycles. The third-order valence-corrected chi connectivity index (χ3v) is 5.41. The van der Waals surface area contributed by atoms with Crippen molar-refractivity contribution in [3.05, 3.63) is 73.7 Å². The zero-order chi connectivity index (χ0) is 23.0. The van der Waals surface area contributed by atoms with Crippen molar-refractivity contribution in [1.82, 2.24) is 19.7 Å². The maximum absolute atomic E-state index is 13.1. The van der Waals surface area contributed by atoms with Gasteiger partial charge in [-0.2, -0.15) is 13.2 Å². The number of hydrogen-bond acceptors (Lipinski definition) is 7. The van der Waals surface area contributed by atoms with Crippen molar-refractivity contribution in [1.29, 1.82) is 0 Å². The van der Waals surface area contributed by atoms with Gasteiger partial charge in [-0.3, -0.25) is 14.2 Å². The molecule has 0 aliphatic rings. The molecule has 1 amide bonds. The summed E-state index contributed by atoms with van der Waals surface area (Å²) in [6, 6.07) is 5.89. The number of nitrogens with one attached hydrogen (secondary N) is 1. The molecule has 4 aromatic rings. The Kier molecular flexibility index (Phi) is 5.57. The summed E-state index contributed by atoms with van der Waals surface area (Å²) in [5.74, 6) is -2.13. The van der Waals surface area contributed by atoms with Crippen LogP contribution in [-0.4, -0.2) is 30.8 Å². The first-order chi connectivity index (χ1) is 15.1. The fraction of sp³-hybridized carbons (Fsp3) is 0.105. The second-order valence-corrected chi connectivity index (χ2v) is 7.84. The van der Waals surface area contributed by atoms with Gasteiger partial charge in [-0.15, -0.1) is 21.5 Å². The molecule has 13 heteroatoms. The van der Waals surface area contributed by atoms with E-state index in [0.717, 1.165) is 6.07 Å². The van der Waals surface area contributed by atoms with Gasteiger partial charge in [-0.1, -0.05) is 17.7 Å². The van der Waals surface area contributed by atoms with Crippen LogP contribution in [0.5, 0.6) is 5.75 Å². The lowest BCUT2D eigenvalue weighted by atomic mass is 10.1. The SMILES string of the molecule is O=C(Nc1cccc2ncn(Cc3nncs3)c(=O)c12)c1cc(Cl)c(O)c(C(F)(F)F)c1. The van der Waals surface area contributed by atoms with Crippen molar-refractivity contribution < 1.29 is 23.1 Å². The molecule has 0 bridgehead atoms. The van der Waals surface area contributed by atoms with Gasteiger partial charge in [0.1, 0.15) is 16.3 Å². The second-order valence-electron chi connectivity index (χ2n) is 6.52. The van der Waals surface area contributed by atoms with Gasteiger partial charge in [0.15, 0.2) is 0 Å². The lowest BCUT2D eigenvalue weighted by Crippen LogP contribution is -2.23. The number of benzene rings is 2. The van der Waals surface area contributed by atoms with Gasteiger partial charge in [0.25, 0.3) is 11.5 Å². The van der Waals surface area contributed by atoms with E-state index in [-0.39, 0.29) is 23.1 Å². The van der Waals surface area contributed by atoms with Crippen molar-refractivity contribution in [2.45, 2.75) is 12.7 Å². The summed E-state index contributed by atoms with van der Waals surface area (Å²) in [6.45, 7) is 0.108. The highest BCUT2D eigenvalue weighted by Crippen LogP contribution is 2.40. The van der Waals surface area contributed by atoms with Crippen molar-refractivity contribution in [3.63, 3.8) is 0 Å². The van der Waals surface area contributed by atoms with Crippen LogP contribution in [-0.2, 0) is 12.7 Å². The zero-order valence-corrected chi connectivity index (χ0v) is 17.3. The van der Waals surface area contributed by atoms with Crippen molar-refractivity contribution in [2.24, 2.45) is 0 Å². The fourth-order valence-electron chi connectivity index (χ4n) is 2.97. The molecule has 2 heterocycles. The standard InChI is InChI=1S/C19H11ClF3N5O3S/c20-11-5-9(4-10(16(11)29)19(21,22)23)17(30)26-13-3-1-2-12-15(13)18(31)28(7-24-12)6-14-27-25-8-32-14/h1-5,7-8,29H,6H2,(H,26,30). The van der Waals surface area contributed by atoms with Gasteiger partial charge in [-0.25, -0.2) is 4.98 Å². The molecule has 0 fully saturated rings. The van der Waals surface area contributed by atoms with Gasteiger partial charge in [0, 0.05) is 5.56 Å². The summed E-state index contributed by atoms with van der Waals surface area (Å²) in [7, 11) is 0. The number of carbonyl (C=O) groups is 1. The molecule has 164 valence electrons. The third-order valence-electron chi connectivity index (χ3n) is 4.44. The van der Waals surface area contributed by atoms with Crippen molar-refractivity contribution >= 4 is 45.4 Å². The number of halogens is 4. The molecular weight excluding hydrogens is 471 g/mol. The molecule has 0 atom stereocenters. The average Bonchev–Trinajstić information content (AvgIpc) is 3.24. The lowest BCUT2D eigenvalue weighted by molar-refractivity contribution is -0.138. The number of fused-ring (bicyclic) bond motifs is 1. The largest absolute Gasteiger partial charge is 0.506 e. The smallest absolute Gasteiger partial charge is 0.420 e. The number of anilines is 1. The van der Waals surface area contributed by atoms with Crippen LogP contribution in [0.2, 0.25) is 5.02 Å². The van der Waals surface area contributed by atoms with Gasteiger partial charge in [0.05, 0.1) is 40.0 Å². The molecule has 0 radical (unpaired) electrons.